The van der Waals surface area contributed by atoms with Gasteiger partial charge in [0, 0.05) is 18.7 Å². The van der Waals surface area contributed by atoms with Crippen molar-refractivity contribution in [2.45, 2.75) is 19.4 Å². The van der Waals surface area contributed by atoms with E-state index < -0.39 is 11.9 Å². The first-order valence-corrected chi connectivity index (χ1v) is 8.97. The van der Waals surface area contributed by atoms with E-state index >= 15 is 0 Å². The van der Waals surface area contributed by atoms with E-state index in [1.165, 1.54) is 6.07 Å². The van der Waals surface area contributed by atoms with Crippen LogP contribution in [0.5, 0.6) is 5.75 Å². The van der Waals surface area contributed by atoms with E-state index in [1.54, 1.807) is 35.2 Å². The van der Waals surface area contributed by atoms with Crippen LogP contribution in [0.15, 0.2) is 48.5 Å². The largest absolute Gasteiger partial charge is 0.494 e. The standard InChI is InChI=1S/C20H22N4O4/c1-2-28-15-9-7-14(8-10-15)24-12-13(11-18(24)25)22-20(27)23-17-6-4-3-5-16(17)19(21)26/h3-10,13H,2,11-12H2,1H3,(H2,21,26)(H2,22,23,27)/t13-/m1/s1. The maximum Gasteiger partial charge on any atom is 0.319 e. The van der Waals surface area contributed by atoms with Crippen LogP contribution in [-0.4, -0.2) is 37.0 Å². The molecule has 4 amide bonds. The molecule has 2 aromatic carbocycles. The number of nitrogens with zero attached hydrogens (tertiary/aromatic N) is 1. The van der Waals surface area contributed by atoms with E-state index in [2.05, 4.69) is 10.6 Å². The molecule has 1 heterocycles. The highest BCUT2D eigenvalue weighted by Crippen LogP contribution is 2.24. The van der Waals surface area contributed by atoms with Gasteiger partial charge < -0.3 is 26.0 Å². The van der Waals surface area contributed by atoms with Crippen LogP contribution in [0.2, 0.25) is 0 Å². The number of carbonyl (C=O) groups is 3. The smallest absolute Gasteiger partial charge is 0.319 e. The molecule has 1 aliphatic heterocycles. The summed E-state index contributed by atoms with van der Waals surface area (Å²) in [7, 11) is 0. The van der Waals surface area contributed by atoms with Gasteiger partial charge in [-0.25, -0.2) is 4.79 Å². The third kappa shape index (κ3) is 4.40. The number of nitrogens with one attached hydrogen (secondary N) is 2. The van der Waals surface area contributed by atoms with Crippen molar-refractivity contribution in [1.29, 1.82) is 0 Å². The summed E-state index contributed by atoms with van der Waals surface area (Å²) in [6, 6.07) is 12.9. The van der Waals surface area contributed by atoms with E-state index in [0.29, 0.717) is 18.8 Å². The Morgan fingerprint density at radius 3 is 2.57 bits per heavy atom. The van der Waals surface area contributed by atoms with Crippen LogP contribution >= 0.6 is 0 Å². The SMILES string of the molecule is CCOc1ccc(N2C[C@H](NC(=O)Nc3ccccc3C(N)=O)CC2=O)cc1. The van der Waals surface area contributed by atoms with Crippen LogP contribution in [0.25, 0.3) is 0 Å². The lowest BCUT2D eigenvalue weighted by molar-refractivity contribution is -0.117. The van der Waals surface area contributed by atoms with Crippen LogP contribution in [0.1, 0.15) is 23.7 Å². The van der Waals surface area contributed by atoms with Crippen LogP contribution in [0, 0.1) is 0 Å². The number of hydrogen-bond donors (Lipinski definition) is 3. The fourth-order valence-electron chi connectivity index (χ4n) is 3.09. The fourth-order valence-corrected chi connectivity index (χ4v) is 3.09. The Morgan fingerprint density at radius 1 is 1.18 bits per heavy atom. The molecule has 0 unspecified atom stereocenters. The van der Waals surface area contributed by atoms with E-state index in [1.807, 2.05) is 19.1 Å². The summed E-state index contributed by atoms with van der Waals surface area (Å²) >= 11 is 0. The third-order valence-electron chi connectivity index (χ3n) is 4.36. The fraction of sp³-hybridized carbons (Fsp3) is 0.250. The quantitative estimate of drug-likeness (QED) is 0.710. The number of hydrogen-bond acceptors (Lipinski definition) is 4. The zero-order chi connectivity index (χ0) is 20.1. The van der Waals surface area contributed by atoms with Gasteiger partial charge in [0.2, 0.25) is 5.91 Å². The minimum absolute atomic E-state index is 0.0769. The number of nitrogens with two attached hydrogens (primary N) is 1. The number of ether oxygens (including phenoxy) is 1. The molecular weight excluding hydrogens is 360 g/mol. The van der Waals surface area contributed by atoms with Gasteiger partial charge in [0.05, 0.1) is 23.9 Å². The molecule has 0 radical (unpaired) electrons. The summed E-state index contributed by atoms with van der Waals surface area (Å²) in [4.78, 5) is 37.7. The van der Waals surface area contributed by atoms with Crippen LogP contribution in [0.4, 0.5) is 16.2 Å². The lowest BCUT2D eigenvalue weighted by Crippen LogP contribution is -2.40. The summed E-state index contributed by atoms with van der Waals surface area (Å²) in [5, 5.41) is 5.38. The van der Waals surface area contributed by atoms with Gasteiger partial charge in [0.25, 0.3) is 5.91 Å². The van der Waals surface area contributed by atoms with E-state index in [4.69, 9.17) is 10.5 Å². The summed E-state index contributed by atoms with van der Waals surface area (Å²) < 4.78 is 5.41. The molecular formula is C20H22N4O4. The Bertz CT molecular complexity index is 882. The van der Waals surface area contributed by atoms with Gasteiger partial charge >= 0.3 is 6.03 Å². The van der Waals surface area contributed by atoms with Crippen molar-refractivity contribution in [3.05, 3.63) is 54.1 Å². The van der Waals surface area contributed by atoms with Crippen molar-refractivity contribution in [2.24, 2.45) is 5.73 Å². The van der Waals surface area contributed by atoms with E-state index in [0.717, 1.165) is 11.4 Å². The molecule has 1 aliphatic rings. The molecule has 3 rings (SSSR count). The third-order valence-corrected chi connectivity index (χ3v) is 4.36. The van der Waals surface area contributed by atoms with Crippen molar-refractivity contribution in [1.82, 2.24) is 5.32 Å². The van der Waals surface area contributed by atoms with Gasteiger partial charge in [-0.2, -0.15) is 0 Å². The molecule has 0 bridgehead atoms. The molecule has 146 valence electrons. The summed E-state index contributed by atoms with van der Waals surface area (Å²) in [5.41, 5.74) is 6.60. The first-order valence-electron chi connectivity index (χ1n) is 8.97. The predicted octanol–water partition coefficient (Wildman–Crippen LogP) is 2.11. The number of carbonyl (C=O) groups excluding carboxylic acids is 3. The van der Waals surface area contributed by atoms with Crippen molar-refractivity contribution in [2.75, 3.05) is 23.4 Å². The Hall–Kier alpha value is -3.55. The first-order chi connectivity index (χ1) is 13.5. The molecule has 2 aromatic rings. The number of urea groups is 1. The molecule has 0 aromatic heterocycles. The minimum Gasteiger partial charge on any atom is -0.494 e. The molecule has 4 N–H and O–H groups in total. The van der Waals surface area contributed by atoms with Gasteiger partial charge in [-0.05, 0) is 43.3 Å². The Labute approximate surface area is 162 Å². The second-order valence-electron chi connectivity index (χ2n) is 6.34. The van der Waals surface area contributed by atoms with Gasteiger partial charge in [-0.3, -0.25) is 9.59 Å². The summed E-state index contributed by atoms with van der Waals surface area (Å²) in [5.74, 6) is 0.0284. The average Bonchev–Trinajstić information content (AvgIpc) is 3.02. The van der Waals surface area contributed by atoms with Crippen LogP contribution < -0.4 is 26.0 Å². The second kappa shape index (κ2) is 8.43. The maximum absolute atomic E-state index is 12.3. The van der Waals surface area contributed by atoms with Crippen molar-refractivity contribution < 1.29 is 19.1 Å². The van der Waals surface area contributed by atoms with Gasteiger partial charge in [0.15, 0.2) is 0 Å². The highest BCUT2D eigenvalue weighted by atomic mass is 16.5. The van der Waals surface area contributed by atoms with Crippen molar-refractivity contribution >= 4 is 29.2 Å². The number of amides is 4. The van der Waals surface area contributed by atoms with Crippen molar-refractivity contribution in [3.8, 4) is 5.75 Å². The normalized spacial score (nSPS) is 16.0. The lowest BCUT2D eigenvalue weighted by Gasteiger charge is -2.18. The van der Waals surface area contributed by atoms with Gasteiger partial charge in [-0.1, -0.05) is 12.1 Å². The van der Waals surface area contributed by atoms with Crippen molar-refractivity contribution in [3.63, 3.8) is 0 Å². The van der Waals surface area contributed by atoms with Gasteiger partial charge in [0.1, 0.15) is 5.75 Å². The molecule has 0 saturated carbocycles. The minimum atomic E-state index is -0.631. The monoisotopic (exact) mass is 382 g/mol. The molecule has 1 fully saturated rings. The topological polar surface area (TPSA) is 114 Å². The first kappa shape index (κ1) is 19.2. The number of para-hydroxylation sites is 1. The molecule has 28 heavy (non-hydrogen) atoms. The molecule has 8 nitrogen and oxygen atoms in total. The number of anilines is 2. The molecule has 1 atom stereocenters. The highest BCUT2D eigenvalue weighted by Gasteiger charge is 2.31. The summed E-state index contributed by atoms with van der Waals surface area (Å²) in [6.45, 7) is 2.83. The number of benzene rings is 2. The van der Waals surface area contributed by atoms with E-state index in [-0.39, 0.29) is 23.9 Å². The summed E-state index contributed by atoms with van der Waals surface area (Å²) in [6.07, 6.45) is 0.193. The second-order valence-corrected chi connectivity index (χ2v) is 6.34. The maximum atomic E-state index is 12.3. The number of primary amides is 1. The highest BCUT2D eigenvalue weighted by molar-refractivity contribution is 6.03. The van der Waals surface area contributed by atoms with Gasteiger partial charge in [-0.15, -0.1) is 0 Å². The Kier molecular flexibility index (Phi) is 5.78. The van der Waals surface area contributed by atoms with Crippen LogP contribution in [0.3, 0.4) is 0 Å². The Balaban J connectivity index is 1.61. The van der Waals surface area contributed by atoms with Crippen LogP contribution in [-0.2, 0) is 4.79 Å². The predicted molar refractivity (Wildman–Crippen MR) is 105 cm³/mol. The molecule has 8 heteroatoms. The molecule has 0 aliphatic carbocycles. The van der Waals surface area contributed by atoms with E-state index in [9.17, 15) is 14.4 Å². The molecule has 1 saturated heterocycles. The molecule has 0 spiro atoms. The average molecular weight is 382 g/mol. The zero-order valence-corrected chi connectivity index (χ0v) is 15.5. The number of rotatable bonds is 6. The zero-order valence-electron chi connectivity index (χ0n) is 15.5. The Morgan fingerprint density at radius 2 is 1.89 bits per heavy atom. The lowest BCUT2D eigenvalue weighted by atomic mass is 10.1.